The highest BCUT2D eigenvalue weighted by molar-refractivity contribution is 8.01. The van der Waals surface area contributed by atoms with E-state index in [-0.39, 0.29) is 22.1 Å². The molecule has 9 heteroatoms. The van der Waals surface area contributed by atoms with Gasteiger partial charge in [0.2, 0.25) is 5.91 Å². The van der Waals surface area contributed by atoms with Crippen LogP contribution in [0.5, 0.6) is 5.75 Å². The summed E-state index contributed by atoms with van der Waals surface area (Å²) in [4.78, 5) is 16.4. The number of hydrogen-bond acceptors (Lipinski definition) is 7. The van der Waals surface area contributed by atoms with Crippen LogP contribution in [0.3, 0.4) is 0 Å². The van der Waals surface area contributed by atoms with Crippen LogP contribution < -0.4 is 10.1 Å². The Morgan fingerprint density at radius 1 is 0.816 bits per heavy atom. The minimum absolute atomic E-state index is 0.0511. The number of hydrogen-bond donors (Lipinski definition) is 1. The summed E-state index contributed by atoms with van der Waals surface area (Å²) in [6.07, 6.45) is 4.71. The molecule has 0 spiro atoms. The second-order valence-electron chi connectivity index (χ2n) is 13.5. The Labute approximate surface area is 293 Å². The molecule has 0 bridgehead atoms. The van der Waals surface area contributed by atoms with Gasteiger partial charge in [0, 0.05) is 4.75 Å². The van der Waals surface area contributed by atoms with Crippen LogP contribution >= 0.6 is 11.8 Å². The fourth-order valence-electron chi connectivity index (χ4n) is 7.31. The summed E-state index contributed by atoms with van der Waals surface area (Å²) >= 11 is 1.81. The maximum atomic E-state index is 14.4. The van der Waals surface area contributed by atoms with Gasteiger partial charge in [0.1, 0.15) is 23.2 Å². The lowest BCUT2D eigenvalue weighted by Gasteiger charge is -2.49. The van der Waals surface area contributed by atoms with Crippen LogP contribution in [-0.2, 0) is 16.9 Å². The van der Waals surface area contributed by atoms with Gasteiger partial charge in [0.25, 0.3) is 0 Å². The summed E-state index contributed by atoms with van der Waals surface area (Å²) in [5.74, 6) is 1.62. The highest BCUT2D eigenvalue weighted by atomic mass is 32.2. The Kier molecular flexibility index (Phi) is 9.56. The first-order valence-corrected chi connectivity index (χ1v) is 18.2. The first-order valence-electron chi connectivity index (χ1n) is 17.3. The third kappa shape index (κ3) is 6.37. The molecule has 3 atom stereocenters. The zero-order chi connectivity index (χ0) is 33.8. The van der Waals surface area contributed by atoms with Gasteiger partial charge in [-0.1, -0.05) is 129 Å². The fraction of sp³-hybridized carbons (Fsp3) is 0.350. The van der Waals surface area contributed by atoms with Gasteiger partial charge in [-0.15, -0.1) is 16.9 Å². The van der Waals surface area contributed by atoms with Gasteiger partial charge in [-0.3, -0.25) is 10.1 Å². The Hall–Kier alpha value is -4.47. The number of amides is 1. The summed E-state index contributed by atoms with van der Waals surface area (Å²) < 4.78 is 7.46. The van der Waals surface area contributed by atoms with E-state index in [0.29, 0.717) is 12.4 Å². The molecule has 7 rings (SSSR count). The number of unbranched alkanes of at least 4 members (excludes halogenated alkanes) is 3. The second kappa shape index (κ2) is 14.2. The van der Waals surface area contributed by atoms with E-state index in [2.05, 4.69) is 127 Å². The molecule has 1 amide bonds. The first-order chi connectivity index (χ1) is 23.9. The van der Waals surface area contributed by atoms with Crippen molar-refractivity contribution in [3.8, 4) is 5.75 Å². The maximum absolute atomic E-state index is 14.4. The number of nitrogens with zero attached hydrogens (tertiary/aromatic N) is 5. The molecule has 2 aliphatic rings. The summed E-state index contributed by atoms with van der Waals surface area (Å²) in [5, 5.41) is 16.8. The molecule has 0 radical (unpaired) electrons. The topological polar surface area (TPSA) is 85.2 Å². The molecule has 0 saturated carbocycles. The normalized spacial score (nSPS) is 19.8. The summed E-state index contributed by atoms with van der Waals surface area (Å²) in [6.45, 7) is 7.83. The Morgan fingerprint density at radius 3 is 1.98 bits per heavy atom. The summed E-state index contributed by atoms with van der Waals surface area (Å²) in [7, 11) is 0. The lowest BCUT2D eigenvalue weighted by Crippen LogP contribution is -2.70. The molecule has 1 aromatic heterocycles. The molecule has 49 heavy (non-hydrogen) atoms. The molecule has 252 valence electrons. The molecule has 2 fully saturated rings. The van der Waals surface area contributed by atoms with Gasteiger partial charge in [-0.25, -0.2) is 4.68 Å². The van der Waals surface area contributed by atoms with Crippen molar-refractivity contribution < 1.29 is 9.53 Å². The largest absolute Gasteiger partial charge is 0.494 e. The molecule has 8 nitrogen and oxygen atoms in total. The minimum Gasteiger partial charge on any atom is -0.494 e. The fourth-order valence-corrected chi connectivity index (χ4v) is 8.94. The number of thioether (sulfide) groups is 1. The van der Waals surface area contributed by atoms with Crippen LogP contribution in [0.4, 0.5) is 0 Å². The Bertz CT molecular complexity index is 1730. The average molecular weight is 673 g/mol. The van der Waals surface area contributed by atoms with E-state index in [0.717, 1.165) is 41.0 Å². The van der Waals surface area contributed by atoms with E-state index in [9.17, 15) is 4.79 Å². The van der Waals surface area contributed by atoms with Crippen LogP contribution in [0.1, 0.15) is 80.6 Å². The number of aromatic nitrogens is 4. The van der Waals surface area contributed by atoms with Gasteiger partial charge >= 0.3 is 0 Å². The number of fused-ring (bicyclic) bond motifs is 1. The van der Waals surface area contributed by atoms with Gasteiger partial charge in [-0.2, -0.15) is 0 Å². The predicted molar refractivity (Wildman–Crippen MR) is 194 cm³/mol. The smallest absolute Gasteiger partial charge is 0.244 e. The zero-order valence-corrected chi connectivity index (χ0v) is 29.2. The van der Waals surface area contributed by atoms with Crippen molar-refractivity contribution in [2.24, 2.45) is 0 Å². The van der Waals surface area contributed by atoms with Crippen molar-refractivity contribution in [2.75, 3.05) is 6.61 Å². The molecule has 2 aliphatic heterocycles. The molecule has 0 aliphatic carbocycles. The van der Waals surface area contributed by atoms with Crippen molar-refractivity contribution in [2.45, 2.75) is 80.7 Å². The van der Waals surface area contributed by atoms with E-state index in [1.54, 1.807) is 0 Å². The van der Waals surface area contributed by atoms with Crippen LogP contribution in [0.2, 0.25) is 0 Å². The Balaban J connectivity index is 1.14. The molecule has 2 saturated heterocycles. The third-order valence-electron chi connectivity index (χ3n) is 9.76. The van der Waals surface area contributed by atoms with Gasteiger partial charge in [-0.05, 0) is 65.1 Å². The monoisotopic (exact) mass is 672 g/mol. The third-order valence-corrected chi connectivity index (χ3v) is 11.3. The number of β-lactam (4-membered cyclic amide) rings is 1. The van der Waals surface area contributed by atoms with Crippen molar-refractivity contribution >= 4 is 17.7 Å². The quantitative estimate of drug-likeness (QED) is 0.0750. The lowest BCUT2D eigenvalue weighted by molar-refractivity contribution is -0.150. The molecule has 2 unspecified atom stereocenters. The van der Waals surface area contributed by atoms with Crippen LogP contribution in [0.25, 0.3) is 0 Å². The molecule has 3 heterocycles. The van der Waals surface area contributed by atoms with Gasteiger partial charge in [0.05, 0.1) is 18.7 Å². The van der Waals surface area contributed by atoms with Gasteiger partial charge in [0.15, 0.2) is 5.82 Å². The molecule has 1 N–H and O–H groups in total. The number of nitrogens with one attached hydrogen (secondary N) is 1. The van der Waals surface area contributed by atoms with Crippen molar-refractivity contribution in [3.63, 3.8) is 0 Å². The second-order valence-corrected chi connectivity index (χ2v) is 15.2. The zero-order valence-electron chi connectivity index (χ0n) is 28.4. The van der Waals surface area contributed by atoms with E-state index < -0.39 is 11.6 Å². The predicted octanol–water partition coefficient (Wildman–Crippen LogP) is 7.37. The molecule has 4 aromatic carbocycles. The van der Waals surface area contributed by atoms with E-state index in [1.165, 1.54) is 19.3 Å². The number of rotatable bonds is 14. The molecule has 5 aromatic rings. The van der Waals surface area contributed by atoms with E-state index in [4.69, 9.17) is 4.74 Å². The number of tetrazole rings is 1. The number of benzene rings is 4. The van der Waals surface area contributed by atoms with Crippen molar-refractivity contribution in [1.29, 1.82) is 0 Å². The number of carbonyl (C=O) groups is 1. The first kappa shape index (κ1) is 33.0. The SMILES string of the molecule is CCCCCCOc1ccc(Cn2nnnc2C2N3C(=O)C(NC(c4ccccc4)(c4ccccc4)c4ccccc4)[C@H]3SC2(C)C)cc1. The maximum Gasteiger partial charge on any atom is 0.244 e. The van der Waals surface area contributed by atoms with Crippen LogP contribution in [-0.4, -0.2) is 53.8 Å². The number of ether oxygens (including phenoxy) is 1. The lowest BCUT2D eigenvalue weighted by atomic mass is 9.76. The van der Waals surface area contributed by atoms with Crippen LogP contribution in [0.15, 0.2) is 115 Å². The van der Waals surface area contributed by atoms with E-state index in [1.807, 2.05) is 51.7 Å². The van der Waals surface area contributed by atoms with E-state index >= 15 is 0 Å². The molecular weight excluding hydrogens is 629 g/mol. The van der Waals surface area contributed by atoms with Crippen LogP contribution in [0, 0.1) is 0 Å². The van der Waals surface area contributed by atoms with Crippen molar-refractivity contribution in [1.82, 2.24) is 30.4 Å². The highest BCUT2D eigenvalue weighted by Crippen LogP contribution is 2.57. The standard InChI is InChI=1S/C40H44N6O2S/c1-4-5-6-16-27-48-33-25-23-29(24-26-33)28-45-36(42-43-44-45)35-39(2,3)49-38-34(37(47)46(35)38)41-40(30-17-10-7-11-18-30,31-19-12-8-13-20-31)32-21-14-9-15-22-32/h7-15,17-26,34-35,38,41H,4-6,16,27-28H2,1-3H3/t34?,35?,38-/m1/s1. The van der Waals surface area contributed by atoms with Crippen molar-refractivity contribution in [3.05, 3.63) is 143 Å². The number of carbonyl (C=O) groups excluding carboxylic acids is 1. The summed E-state index contributed by atoms with van der Waals surface area (Å²) in [6, 6.07) is 38.8. The average Bonchev–Trinajstić information content (AvgIpc) is 3.69. The highest BCUT2D eigenvalue weighted by Gasteiger charge is 2.64. The summed E-state index contributed by atoms with van der Waals surface area (Å²) in [5.41, 5.74) is 3.56. The van der Waals surface area contributed by atoms with Gasteiger partial charge < -0.3 is 9.64 Å². The minimum atomic E-state index is -0.744. The Morgan fingerprint density at radius 2 is 1.41 bits per heavy atom. The molecular formula is C40H44N6O2S.